The van der Waals surface area contributed by atoms with Gasteiger partial charge in [0.05, 0.1) is 4.90 Å². The zero-order valence-corrected chi connectivity index (χ0v) is 18.0. The van der Waals surface area contributed by atoms with Gasteiger partial charge in [-0.25, -0.2) is 13.2 Å². The second-order valence-electron chi connectivity index (χ2n) is 6.92. The molecule has 0 aromatic heterocycles. The van der Waals surface area contributed by atoms with Crippen LogP contribution in [0.25, 0.3) is 17.2 Å². The lowest BCUT2D eigenvalue weighted by Crippen LogP contribution is -2.12. The number of allylic oxidation sites excluding steroid dienone is 1. The van der Waals surface area contributed by atoms with Crippen LogP contribution in [0.3, 0.4) is 0 Å². The standard InChI is InChI=1S/C24H21NO6S/c1-17-4-12-22(13-5-17)32(29,30)25-20-9-6-19(7-10-20)23-15-21(31-16-24(27)28)11-8-18(23)3-2-14-26/h2-15,25H,16H2,1H3,(H,27,28). The van der Waals surface area contributed by atoms with Gasteiger partial charge in [-0.3, -0.25) is 9.52 Å². The minimum absolute atomic E-state index is 0.164. The van der Waals surface area contributed by atoms with Crippen LogP contribution in [0.15, 0.2) is 77.7 Å². The zero-order chi connectivity index (χ0) is 23.1. The van der Waals surface area contributed by atoms with E-state index in [4.69, 9.17) is 9.84 Å². The molecule has 8 heteroatoms. The van der Waals surface area contributed by atoms with Crippen molar-refractivity contribution in [2.75, 3.05) is 11.3 Å². The maximum Gasteiger partial charge on any atom is 0.341 e. The summed E-state index contributed by atoms with van der Waals surface area (Å²) < 4.78 is 33.0. The summed E-state index contributed by atoms with van der Waals surface area (Å²) >= 11 is 0. The summed E-state index contributed by atoms with van der Waals surface area (Å²) in [5.74, 6) is -0.739. The number of rotatable bonds is 9. The molecule has 0 bridgehead atoms. The Bertz CT molecular complexity index is 1250. The molecule has 3 aromatic rings. The molecular formula is C24H21NO6S. The molecule has 0 aliphatic rings. The fraction of sp³-hybridized carbons (Fsp3) is 0.0833. The lowest BCUT2D eigenvalue weighted by Gasteiger charge is -2.12. The number of anilines is 1. The first-order valence-corrected chi connectivity index (χ1v) is 11.1. The topological polar surface area (TPSA) is 110 Å². The van der Waals surface area contributed by atoms with E-state index in [9.17, 15) is 18.0 Å². The average Bonchev–Trinajstić information content (AvgIpc) is 2.77. The quantitative estimate of drug-likeness (QED) is 0.374. The highest BCUT2D eigenvalue weighted by molar-refractivity contribution is 7.92. The van der Waals surface area contributed by atoms with Gasteiger partial charge < -0.3 is 9.84 Å². The van der Waals surface area contributed by atoms with Gasteiger partial charge in [0, 0.05) is 5.69 Å². The van der Waals surface area contributed by atoms with Gasteiger partial charge in [0.15, 0.2) is 6.61 Å². The van der Waals surface area contributed by atoms with Crippen LogP contribution in [0, 0.1) is 6.92 Å². The van der Waals surface area contributed by atoms with E-state index in [1.165, 1.54) is 6.08 Å². The van der Waals surface area contributed by atoms with E-state index in [1.54, 1.807) is 72.8 Å². The lowest BCUT2D eigenvalue weighted by atomic mass is 9.98. The van der Waals surface area contributed by atoms with Gasteiger partial charge in [0.1, 0.15) is 12.0 Å². The number of carboxylic acid groups (broad SMARTS) is 1. The van der Waals surface area contributed by atoms with Crippen LogP contribution in [0.2, 0.25) is 0 Å². The normalized spacial score (nSPS) is 11.3. The molecule has 7 nitrogen and oxygen atoms in total. The van der Waals surface area contributed by atoms with E-state index in [2.05, 4.69) is 4.72 Å². The summed E-state index contributed by atoms with van der Waals surface area (Å²) in [6, 6.07) is 18.2. The summed E-state index contributed by atoms with van der Waals surface area (Å²) in [5, 5.41) is 8.82. The molecule has 3 aromatic carbocycles. The molecular weight excluding hydrogens is 430 g/mol. The molecule has 0 saturated heterocycles. The van der Waals surface area contributed by atoms with Crippen LogP contribution in [0.5, 0.6) is 5.75 Å². The summed E-state index contributed by atoms with van der Waals surface area (Å²) in [7, 11) is -3.73. The molecule has 0 atom stereocenters. The molecule has 164 valence electrons. The van der Waals surface area contributed by atoms with Gasteiger partial charge in [0.2, 0.25) is 0 Å². The van der Waals surface area contributed by atoms with Crippen molar-refractivity contribution in [3.63, 3.8) is 0 Å². The number of ether oxygens (including phenoxy) is 1. The van der Waals surface area contributed by atoms with Crippen LogP contribution in [0.1, 0.15) is 11.1 Å². The van der Waals surface area contributed by atoms with E-state index < -0.39 is 22.6 Å². The molecule has 0 unspecified atom stereocenters. The van der Waals surface area contributed by atoms with Crippen molar-refractivity contribution < 1.29 is 27.9 Å². The predicted molar refractivity (Wildman–Crippen MR) is 122 cm³/mol. The third kappa shape index (κ3) is 5.83. The van der Waals surface area contributed by atoms with Crippen molar-refractivity contribution in [1.82, 2.24) is 0 Å². The predicted octanol–water partition coefficient (Wildman–Crippen LogP) is 4.14. The second-order valence-corrected chi connectivity index (χ2v) is 8.60. The summed E-state index contributed by atoms with van der Waals surface area (Å²) in [5.41, 5.74) is 3.49. The molecule has 0 spiro atoms. The average molecular weight is 452 g/mol. The third-order valence-electron chi connectivity index (χ3n) is 4.52. The number of carbonyl (C=O) groups is 2. The number of aryl methyl sites for hydroxylation is 1. The van der Waals surface area contributed by atoms with Crippen molar-refractivity contribution in [2.24, 2.45) is 0 Å². The van der Waals surface area contributed by atoms with Gasteiger partial charge in [-0.2, -0.15) is 0 Å². The summed E-state index contributed by atoms with van der Waals surface area (Å²) in [4.78, 5) is 21.7. The number of carboxylic acids is 1. The van der Waals surface area contributed by atoms with E-state index in [1.807, 2.05) is 6.92 Å². The number of sulfonamides is 1. The fourth-order valence-electron chi connectivity index (χ4n) is 2.96. The Balaban J connectivity index is 1.89. The smallest absolute Gasteiger partial charge is 0.341 e. The number of carbonyl (C=O) groups excluding carboxylic acids is 1. The van der Waals surface area contributed by atoms with Crippen molar-refractivity contribution >= 4 is 34.0 Å². The number of aliphatic carboxylic acids is 1. The summed E-state index contributed by atoms with van der Waals surface area (Å²) in [6.07, 6.45) is 3.62. The Morgan fingerprint density at radius 3 is 2.34 bits per heavy atom. The van der Waals surface area contributed by atoms with Crippen molar-refractivity contribution in [2.45, 2.75) is 11.8 Å². The van der Waals surface area contributed by atoms with Gasteiger partial charge in [-0.1, -0.05) is 42.0 Å². The first kappa shape index (κ1) is 22.8. The molecule has 0 fully saturated rings. The fourth-order valence-corrected chi connectivity index (χ4v) is 4.02. The molecule has 3 rings (SSSR count). The number of benzene rings is 3. The van der Waals surface area contributed by atoms with Gasteiger partial charge in [-0.05, 0) is 66.1 Å². The monoisotopic (exact) mass is 451 g/mol. The highest BCUT2D eigenvalue weighted by Gasteiger charge is 2.14. The molecule has 0 aliphatic carbocycles. The van der Waals surface area contributed by atoms with Crippen LogP contribution in [-0.2, 0) is 19.6 Å². The van der Waals surface area contributed by atoms with Gasteiger partial charge in [-0.15, -0.1) is 0 Å². The highest BCUT2D eigenvalue weighted by atomic mass is 32.2. The third-order valence-corrected chi connectivity index (χ3v) is 5.92. The molecule has 0 heterocycles. The highest BCUT2D eigenvalue weighted by Crippen LogP contribution is 2.30. The number of hydrogen-bond acceptors (Lipinski definition) is 5. The van der Waals surface area contributed by atoms with Crippen LogP contribution >= 0.6 is 0 Å². The van der Waals surface area contributed by atoms with Crippen LogP contribution < -0.4 is 9.46 Å². The van der Waals surface area contributed by atoms with E-state index >= 15 is 0 Å². The second kappa shape index (κ2) is 9.93. The Labute approximate surface area is 186 Å². The molecule has 32 heavy (non-hydrogen) atoms. The molecule has 0 saturated carbocycles. The number of hydrogen-bond donors (Lipinski definition) is 2. The first-order chi connectivity index (χ1) is 15.3. The minimum Gasteiger partial charge on any atom is -0.482 e. The molecule has 0 amide bonds. The van der Waals surface area contributed by atoms with E-state index in [0.717, 1.165) is 11.1 Å². The Kier molecular flexibility index (Phi) is 7.07. The molecule has 0 radical (unpaired) electrons. The SMILES string of the molecule is Cc1ccc(S(=O)(=O)Nc2ccc(-c3cc(OCC(=O)O)ccc3C=CC=O)cc2)cc1. The van der Waals surface area contributed by atoms with Crippen LogP contribution in [-0.4, -0.2) is 32.4 Å². The van der Waals surface area contributed by atoms with Crippen molar-refractivity contribution in [3.05, 3.63) is 83.9 Å². The van der Waals surface area contributed by atoms with Crippen LogP contribution in [0.4, 0.5) is 5.69 Å². The van der Waals surface area contributed by atoms with Crippen molar-refractivity contribution in [3.8, 4) is 16.9 Å². The molecule has 2 N–H and O–H groups in total. The largest absolute Gasteiger partial charge is 0.482 e. The lowest BCUT2D eigenvalue weighted by molar-refractivity contribution is -0.139. The Morgan fingerprint density at radius 1 is 1.03 bits per heavy atom. The van der Waals surface area contributed by atoms with Crippen molar-refractivity contribution in [1.29, 1.82) is 0 Å². The maximum absolute atomic E-state index is 12.6. The van der Waals surface area contributed by atoms with Gasteiger partial charge >= 0.3 is 5.97 Å². The zero-order valence-electron chi connectivity index (χ0n) is 17.2. The van der Waals surface area contributed by atoms with E-state index in [-0.39, 0.29) is 4.90 Å². The number of aldehydes is 1. The van der Waals surface area contributed by atoms with Gasteiger partial charge in [0.25, 0.3) is 10.0 Å². The minimum atomic E-state index is -3.73. The number of nitrogens with one attached hydrogen (secondary N) is 1. The summed E-state index contributed by atoms with van der Waals surface area (Å²) in [6.45, 7) is 1.39. The Morgan fingerprint density at radius 2 is 1.72 bits per heavy atom. The first-order valence-electron chi connectivity index (χ1n) is 9.59. The molecule has 0 aliphatic heterocycles. The van der Waals surface area contributed by atoms with E-state index in [0.29, 0.717) is 28.8 Å². The Hall–Kier alpha value is -3.91. The maximum atomic E-state index is 12.6.